The fourth-order valence-corrected chi connectivity index (χ4v) is 2.53. The molecule has 0 aliphatic carbocycles. The summed E-state index contributed by atoms with van der Waals surface area (Å²) in [6.07, 6.45) is 0. The van der Waals surface area contributed by atoms with Gasteiger partial charge in [0.15, 0.2) is 0 Å². The van der Waals surface area contributed by atoms with Crippen molar-refractivity contribution < 1.29 is 0 Å². The van der Waals surface area contributed by atoms with Crippen LogP contribution in [0.4, 0.5) is 0 Å². The lowest BCUT2D eigenvalue weighted by molar-refractivity contribution is 0.254. The predicted octanol–water partition coefficient (Wildman–Crippen LogP) is 2.40. The van der Waals surface area contributed by atoms with Crippen molar-refractivity contribution in [2.75, 3.05) is 13.1 Å². The number of rotatable bonds is 4. The molecule has 1 aromatic heterocycles. The number of nitriles is 1. The van der Waals surface area contributed by atoms with Crippen molar-refractivity contribution in [3.05, 3.63) is 16.1 Å². The Bertz CT molecular complexity index is 401. The lowest BCUT2D eigenvalue weighted by Crippen LogP contribution is -2.29. The van der Waals surface area contributed by atoms with E-state index < -0.39 is 0 Å². The summed E-state index contributed by atoms with van der Waals surface area (Å²) in [5.74, 6) is 0.911. The Morgan fingerprint density at radius 1 is 1.50 bits per heavy atom. The van der Waals surface area contributed by atoms with Crippen molar-refractivity contribution in [1.82, 2.24) is 14.5 Å². The fourth-order valence-electron chi connectivity index (χ4n) is 1.79. The minimum Gasteiger partial charge on any atom is -0.332 e. The van der Waals surface area contributed by atoms with Gasteiger partial charge in [-0.3, -0.25) is 4.90 Å². The molecule has 0 N–H and O–H groups in total. The molecule has 1 unspecified atom stereocenters. The summed E-state index contributed by atoms with van der Waals surface area (Å²) in [5.41, 5.74) is 0.934. The quantitative estimate of drug-likeness (QED) is 0.853. The van der Waals surface area contributed by atoms with Gasteiger partial charge in [0.2, 0.25) is 0 Å². The third-order valence-electron chi connectivity index (χ3n) is 2.88. The normalized spacial score (nSPS) is 12.8. The van der Waals surface area contributed by atoms with Crippen LogP contribution >= 0.6 is 15.9 Å². The first-order valence-corrected chi connectivity index (χ1v) is 6.18. The van der Waals surface area contributed by atoms with Gasteiger partial charge < -0.3 is 4.57 Å². The van der Waals surface area contributed by atoms with E-state index in [0.29, 0.717) is 0 Å². The Morgan fingerprint density at radius 3 is 2.38 bits per heavy atom. The molecule has 0 radical (unpaired) electrons. The molecule has 16 heavy (non-hydrogen) atoms. The molecule has 88 valence electrons. The summed E-state index contributed by atoms with van der Waals surface area (Å²) < 4.78 is 2.74. The van der Waals surface area contributed by atoms with E-state index in [0.717, 1.165) is 29.2 Å². The Labute approximate surface area is 105 Å². The van der Waals surface area contributed by atoms with E-state index in [4.69, 9.17) is 0 Å². The third kappa shape index (κ3) is 2.28. The highest BCUT2D eigenvalue weighted by atomic mass is 79.9. The van der Waals surface area contributed by atoms with Crippen LogP contribution in [-0.4, -0.2) is 27.5 Å². The van der Waals surface area contributed by atoms with E-state index in [2.05, 4.69) is 45.7 Å². The predicted molar refractivity (Wildman–Crippen MR) is 66.9 cm³/mol. The molecule has 0 aliphatic heterocycles. The van der Waals surface area contributed by atoms with E-state index >= 15 is 0 Å². The highest BCUT2D eigenvalue weighted by Gasteiger charge is 2.24. The van der Waals surface area contributed by atoms with Crippen molar-refractivity contribution in [3.63, 3.8) is 0 Å². The number of hydrogen-bond donors (Lipinski definition) is 0. The summed E-state index contributed by atoms with van der Waals surface area (Å²) >= 11 is 3.43. The standard InChI is InChI=1S/C11H17BrN4/c1-5-16(6-2)9(7-13)10-11(12)14-8(3)15(10)4/h9H,5-6H2,1-4H3. The van der Waals surface area contributed by atoms with Crippen LogP contribution in [0.3, 0.4) is 0 Å². The van der Waals surface area contributed by atoms with Crippen molar-refractivity contribution in [2.24, 2.45) is 7.05 Å². The Morgan fingerprint density at radius 2 is 2.06 bits per heavy atom. The zero-order valence-electron chi connectivity index (χ0n) is 10.2. The van der Waals surface area contributed by atoms with Gasteiger partial charge in [-0.1, -0.05) is 13.8 Å². The SMILES string of the molecule is CCN(CC)C(C#N)c1c(Br)nc(C)n1C. The molecule has 4 nitrogen and oxygen atoms in total. The van der Waals surface area contributed by atoms with Crippen LogP contribution in [0.2, 0.25) is 0 Å². The summed E-state index contributed by atoms with van der Waals surface area (Å²) in [6.45, 7) is 7.76. The molecule has 5 heteroatoms. The summed E-state index contributed by atoms with van der Waals surface area (Å²) in [4.78, 5) is 6.44. The highest BCUT2D eigenvalue weighted by molar-refractivity contribution is 9.10. The Kier molecular flexibility index (Phi) is 4.51. The summed E-state index contributed by atoms with van der Waals surface area (Å²) in [5, 5.41) is 9.32. The van der Waals surface area contributed by atoms with Crippen LogP contribution in [0.25, 0.3) is 0 Å². The minimum absolute atomic E-state index is 0.240. The molecule has 1 heterocycles. The van der Waals surface area contributed by atoms with E-state index in [1.165, 1.54) is 0 Å². The molecule has 0 amide bonds. The molecule has 1 rings (SSSR count). The van der Waals surface area contributed by atoms with Gasteiger partial charge in [0.1, 0.15) is 16.5 Å². The second-order valence-corrected chi connectivity index (χ2v) is 4.40. The third-order valence-corrected chi connectivity index (χ3v) is 3.46. The number of aryl methyl sites for hydroxylation is 1. The van der Waals surface area contributed by atoms with Crippen molar-refractivity contribution >= 4 is 15.9 Å². The van der Waals surface area contributed by atoms with Gasteiger partial charge in [0.05, 0.1) is 11.8 Å². The smallest absolute Gasteiger partial charge is 0.141 e. The lowest BCUT2D eigenvalue weighted by Gasteiger charge is -2.24. The average Bonchev–Trinajstić information content (AvgIpc) is 2.51. The Balaban J connectivity index is 3.19. The number of aromatic nitrogens is 2. The van der Waals surface area contributed by atoms with Crippen molar-refractivity contribution in [3.8, 4) is 6.07 Å². The van der Waals surface area contributed by atoms with Crippen LogP contribution in [0.5, 0.6) is 0 Å². The maximum atomic E-state index is 9.32. The molecule has 0 aromatic carbocycles. The maximum Gasteiger partial charge on any atom is 0.141 e. The molecular formula is C11H17BrN4. The molecule has 0 bridgehead atoms. The van der Waals surface area contributed by atoms with Gasteiger partial charge in [0, 0.05) is 7.05 Å². The summed E-state index contributed by atoms with van der Waals surface area (Å²) in [7, 11) is 1.94. The van der Waals surface area contributed by atoms with Gasteiger partial charge in [0.25, 0.3) is 0 Å². The van der Waals surface area contributed by atoms with Gasteiger partial charge in [-0.05, 0) is 35.9 Å². The monoisotopic (exact) mass is 284 g/mol. The molecule has 1 atom stereocenters. The molecular weight excluding hydrogens is 268 g/mol. The van der Waals surface area contributed by atoms with E-state index in [1.54, 1.807) is 0 Å². The zero-order valence-corrected chi connectivity index (χ0v) is 11.7. The maximum absolute atomic E-state index is 9.32. The molecule has 0 spiro atoms. The number of halogens is 1. The number of nitrogens with zero attached hydrogens (tertiary/aromatic N) is 4. The van der Waals surface area contributed by atoms with E-state index in [9.17, 15) is 5.26 Å². The van der Waals surface area contributed by atoms with Crippen LogP contribution in [0.1, 0.15) is 31.4 Å². The Hall–Kier alpha value is -0.860. The van der Waals surface area contributed by atoms with Crippen molar-refractivity contribution in [1.29, 1.82) is 5.26 Å². The average molecular weight is 285 g/mol. The van der Waals surface area contributed by atoms with Crippen LogP contribution < -0.4 is 0 Å². The molecule has 0 saturated carbocycles. The van der Waals surface area contributed by atoms with Gasteiger partial charge in [-0.25, -0.2) is 4.98 Å². The largest absolute Gasteiger partial charge is 0.332 e. The van der Waals surface area contributed by atoms with Crippen LogP contribution in [0.15, 0.2) is 4.60 Å². The zero-order chi connectivity index (χ0) is 12.3. The first kappa shape index (κ1) is 13.2. The second-order valence-electron chi connectivity index (χ2n) is 3.65. The second kappa shape index (κ2) is 5.46. The molecule has 1 aromatic rings. The van der Waals surface area contributed by atoms with Crippen LogP contribution in [0, 0.1) is 18.3 Å². The first-order valence-electron chi connectivity index (χ1n) is 5.39. The fraction of sp³-hybridized carbons (Fsp3) is 0.636. The van der Waals surface area contributed by atoms with E-state index in [1.807, 2.05) is 18.5 Å². The topological polar surface area (TPSA) is 44.9 Å². The van der Waals surface area contributed by atoms with Gasteiger partial charge in [-0.2, -0.15) is 5.26 Å². The van der Waals surface area contributed by atoms with Crippen LogP contribution in [-0.2, 0) is 7.05 Å². The molecule has 0 saturated heterocycles. The van der Waals surface area contributed by atoms with Gasteiger partial charge in [-0.15, -0.1) is 0 Å². The van der Waals surface area contributed by atoms with Crippen molar-refractivity contribution in [2.45, 2.75) is 26.8 Å². The molecule has 0 fully saturated rings. The van der Waals surface area contributed by atoms with Gasteiger partial charge >= 0.3 is 0 Å². The minimum atomic E-state index is -0.240. The summed E-state index contributed by atoms with van der Waals surface area (Å²) in [6, 6.07) is 2.11. The molecule has 0 aliphatic rings. The first-order chi connectivity index (χ1) is 7.56. The number of imidazole rings is 1. The van der Waals surface area contributed by atoms with E-state index in [-0.39, 0.29) is 6.04 Å². The lowest BCUT2D eigenvalue weighted by atomic mass is 10.2. The number of hydrogen-bond acceptors (Lipinski definition) is 3. The highest BCUT2D eigenvalue weighted by Crippen LogP contribution is 2.27.